The van der Waals surface area contributed by atoms with E-state index in [4.69, 9.17) is 11.6 Å². The number of hydrogen-bond donors (Lipinski definition) is 1. The highest BCUT2D eigenvalue weighted by molar-refractivity contribution is 9.10. The Morgan fingerprint density at radius 2 is 2.06 bits per heavy atom. The van der Waals surface area contributed by atoms with Gasteiger partial charge in [0.2, 0.25) is 0 Å². The van der Waals surface area contributed by atoms with E-state index >= 15 is 0 Å². The highest BCUT2D eigenvalue weighted by Gasteiger charge is 2.09. The molecule has 0 aromatic heterocycles. The first-order valence-corrected chi connectivity index (χ1v) is 6.89. The maximum Gasteiger partial charge on any atom is 0.0548 e. The van der Waals surface area contributed by atoms with Gasteiger partial charge in [-0.3, -0.25) is 0 Å². The molecule has 1 aromatic carbocycles. The third kappa shape index (κ3) is 4.08. The number of benzene rings is 1. The van der Waals surface area contributed by atoms with Gasteiger partial charge in [-0.05, 0) is 46.0 Å². The lowest BCUT2D eigenvalue weighted by molar-refractivity contribution is 0.387. The molecule has 1 aromatic rings. The first-order valence-electron chi connectivity index (χ1n) is 5.72. The first kappa shape index (κ1) is 14.0. The van der Waals surface area contributed by atoms with Crippen LogP contribution < -0.4 is 5.32 Å². The van der Waals surface area contributed by atoms with Gasteiger partial charge in [0.25, 0.3) is 0 Å². The number of nitrogens with one attached hydrogen (secondary N) is 1. The Morgan fingerprint density at radius 3 is 2.56 bits per heavy atom. The maximum atomic E-state index is 5.95. The van der Waals surface area contributed by atoms with E-state index in [1.54, 1.807) is 0 Å². The Morgan fingerprint density at radius 1 is 1.38 bits per heavy atom. The lowest BCUT2D eigenvalue weighted by Gasteiger charge is -2.20. The van der Waals surface area contributed by atoms with Gasteiger partial charge in [0.15, 0.2) is 0 Å². The summed E-state index contributed by atoms with van der Waals surface area (Å²) in [5.41, 5.74) is 1.26. The summed E-state index contributed by atoms with van der Waals surface area (Å²) in [5, 5.41) is 4.33. The van der Waals surface area contributed by atoms with Gasteiger partial charge in [-0.2, -0.15) is 0 Å². The molecule has 16 heavy (non-hydrogen) atoms. The molecule has 0 saturated heterocycles. The standard InChI is InChI=1S/C13H19BrClN/c1-4-13(9(2)3)16-8-10-5-6-12(15)11(14)7-10/h5-7,9,13,16H,4,8H2,1-3H3. The summed E-state index contributed by atoms with van der Waals surface area (Å²) in [4.78, 5) is 0. The Balaban J connectivity index is 2.57. The van der Waals surface area contributed by atoms with Gasteiger partial charge in [0.1, 0.15) is 0 Å². The van der Waals surface area contributed by atoms with Crippen molar-refractivity contribution in [3.05, 3.63) is 33.3 Å². The topological polar surface area (TPSA) is 12.0 Å². The highest BCUT2D eigenvalue weighted by Crippen LogP contribution is 2.23. The van der Waals surface area contributed by atoms with Crippen LogP contribution in [0.1, 0.15) is 32.8 Å². The van der Waals surface area contributed by atoms with Gasteiger partial charge in [0, 0.05) is 17.1 Å². The molecule has 0 heterocycles. The van der Waals surface area contributed by atoms with Crippen molar-refractivity contribution in [1.29, 1.82) is 0 Å². The van der Waals surface area contributed by atoms with Crippen LogP contribution in [0.3, 0.4) is 0 Å². The van der Waals surface area contributed by atoms with E-state index in [-0.39, 0.29) is 0 Å². The van der Waals surface area contributed by atoms with E-state index in [0.717, 1.165) is 22.5 Å². The molecule has 0 saturated carbocycles. The number of hydrogen-bond acceptors (Lipinski definition) is 1. The second kappa shape index (κ2) is 6.63. The molecule has 1 unspecified atom stereocenters. The van der Waals surface area contributed by atoms with Gasteiger partial charge in [-0.15, -0.1) is 0 Å². The summed E-state index contributed by atoms with van der Waals surface area (Å²) in [7, 11) is 0. The van der Waals surface area contributed by atoms with Crippen LogP contribution in [0.2, 0.25) is 5.02 Å². The summed E-state index contributed by atoms with van der Waals surface area (Å²) in [6.07, 6.45) is 1.16. The van der Waals surface area contributed by atoms with Gasteiger partial charge in [-0.25, -0.2) is 0 Å². The highest BCUT2D eigenvalue weighted by atomic mass is 79.9. The summed E-state index contributed by atoms with van der Waals surface area (Å²) in [5.74, 6) is 0.667. The van der Waals surface area contributed by atoms with Crippen LogP contribution in [-0.2, 0) is 6.54 Å². The minimum Gasteiger partial charge on any atom is -0.310 e. The molecular weight excluding hydrogens is 286 g/mol. The Labute approximate surface area is 112 Å². The monoisotopic (exact) mass is 303 g/mol. The molecule has 0 aliphatic heterocycles. The molecule has 0 aliphatic carbocycles. The van der Waals surface area contributed by atoms with E-state index in [9.17, 15) is 0 Å². The maximum absolute atomic E-state index is 5.95. The molecule has 0 bridgehead atoms. The molecule has 0 fully saturated rings. The zero-order valence-corrected chi connectivity index (χ0v) is 12.4. The van der Waals surface area contributed by atoms with Gasteiger partial charge in [-0.1, -0.05) is 38.4 Å². The lowest BCUT2D eigenvalue weighted by atomic mass is 10.0. The molecule has 0 radical (unpaired) electrons. The second-order valence-corrected chi connectivity index (χ2v) is 5.65. The smallest absolute Gasteiger partial charge is 0.0548 e. The van der Waals surface area contributed by atoms with Crippen molar-refractivity contribution < 1.29 is 0 Å². The summed E-state index contributed by atoms with van der Waals surface area (Å²) in [6.45, 7) is 7.61. The molecule has 90 valence electrons. The average molecular weight is 305 g/mol. The first-order chi connectivity index (χ1) is 7.54. The van der Waals surface area contributed by atoms with E-state index in [1.807, 2.05) is 6.07 Å². The molecule has 1 atom stereocenters. The molecule has 0 spiro atoms. The Bertz CT molecular complexity index is 339. The van der Waals surface area contributed by atoms with Crippen LogP contribution in [0.5, 0.6) is 0 Å². The Hall–Kier alpha value is -0.0500. The fraction of sp³-hybridized carbons (Fsp3) is 0.538. The normalized spacial score (nSPS) is 13.1. The van der Waals surface area contributed by atoms with Crippen molar-refractivity contribution in [3.8, 4) is 0 Å². The van der Waals surface area contributed by atoms with Crippen molar-refractivity contribution >= 4 is 27.5 Å². The predicted molar refractivity (Wildman–Crippen MR) is 74.9 cm³/mol. The van der Waals surface area contributed by atoms with Crippen molar-refractivity contribution in [2.45, 2.75) is 39.8 Å². The minimum atomic E-state index is 0.578. The zero-order valence-electron chi connectivity index (χ0n) is 10.1. The van der Waals surface area contributed by atoms with Crippen LogP contribution in [0.25, 0.3) is 0 Å². The zero-order chi connectivity index (χ0) is 12.1. The molecule has 1 rings (SSSR count). The average Bonchev–Trinajstić information content (AvgIpc) is 2.23. The van der Waals surface area contributed by atoms with Gasteiger partial charge >= 0.3 is 0 Å². The largest absolute Gasteiger partial charge is 0.310 e. The van der Waals surface area contributed by atoms with E-state index in [2.05, 4.69) is 54.2 Å². The predicted octanol–water partition coefficient (Wildman–Crippen LogP) is 4.63. The molecule has 1 nitrogen and oxygen atoms in total. The molecular formula is C13H19BrClN. The summed E-state index contributed by atoms with van der Waals surface area (Å²) >= 11 is 9.39. The van der Waals surface area contributed by atoms with E-state index in [0.29, 0.717) is 12.0 Å². The van der Waals surface area contributed by atoms with E-state index < -0.39 is 0 Å². The van der Waals surface area contributed by atoms with Crippen LogP contribution in [0.15, 0.2) is 22.7 Å². The third-order valence-electron chi connectivity index (χ3n) is 2.80. The second-order valence-electron chi connectivity index (χ2n) is 4.39. The van der Waals surface area contributed by atoms with Crippen LogP contribution in [0.4, 0.5) is 0 Å². The third-order valence-corrected chi connectivity index (χ3v) is 4.01. The van der Waals surface area contributed by atoms with Crippen molar-refractivity contribution in [2.24, 2.45) is 5.92 Å². The summed E-state index contributed by atoms with van der Waals surface area (Å²) in [6, 6.07) is 6.64. The van der Waals surface area contributed by atoms with Gasteiger partial charge in [0.05, 0.1) is 5.02 Å². The van der Waals surface area contributed by atoms with Gasteiger partial charge < -0.3 is 5.32 Å². The Kier molecular flexibility index (Phi) is 5.81. The minimum absolute atomic E-state index is 0.578. The molecule has 0 amide bonds. The molecule has 1 N–H and O–H groups in total. The van der Waals surface area contributed by atoms with E-state index in [1.165, 1.54) is 5.56 Å². The SMILES string of the molecule is CCC(NCc1ccc(Cl)c(Br)c1)C(C)C. The van der Waals surface area contributed by atoms with Crippen molar-refractivity contribution in [2.75, 3.05) is 0 Å². The quantitative estimate of drug-likeness (QED) is 0.836. The fourth-order valence-corrected chi connectivity index (χ4v) is 2.29. The summed E-state index contributed by atoms with van der Waals surface area (Å²) < 4.78 is 0.964. The van der Waals surface area contributed by atoms with Crippen LogP contribution in [-0.4, -0.2) is 6.04 Å². The fourth-order valence-electron chi connectivity index (χ4n) is 1.75. The number of rotatable bonds is 5. The molecule has 3 heteroatoms. The van der Waals surface area contributed by atoms with Crippen molar-refractivity contribution in [1.82, 2.24) is 5.32 Å². The number of halogens is 2. The van der Waals surface area contributed by atoms with Crippen LogP contribution >= 0.6 is 27.5 Å². The molecule has 0 aliphatic rings. The van der Waals surface area contributed by atoms with Crippen molar-refractivity contribution in [3.63, 3.8) is 0 Å². The lowest BCUT2D eigenvalue weighted by Crippen LogP contribution is -2.32. The van der Waals surface area contributed by atoms with Crippen LogP contribution in [0, 0.1) is 5.92 Å².